The topological polar surface area (TPSA) is 58.6 Å². The van der Waals surface area contributed by atoms with Gasteiger partial charge in [-0.2, -0.15) is 0 Å². The van der Waals surface area contributed by atoms with Gasteiger partial charge in [-0.3, -0.25) is 14.5 Å². The fraction of sp³-hybridized carbons (Fsp3) is 0.429. The van der Waals surface area contributed by atoms with Crippen LogP contribution in [-0.2, 0) is 14.3 Å². The molecule has 1 N–H and O–H groups in total. The second kappa shape index (κ2) is 6.33. The molecule has 0 spiro atoms. The van der Waals surface area contributed by atoms with Crippen molar-refractivity contribution in [1.29, 1.82) is 0 Å². The summed E-state index contributed by atoms with van der Waals surface area (Å²) < 4.78 is 4.87. The van der Waals surface area contributed by atoms with Crippen molar-refractivity contribution in [3.05, 3.63) is 35.9 Å². The van der Waals surface area contributed by atoms with E-state index in [4.69, 9.17) is 4.74 Å². The lowest BCUT2D eigenvalue weighted by atomic mass is 9.98. The van der Waals surface area contributed by atoms with Crippen molar-refractivity contribution in [2.45, 2.75) is 5.92 Å². The Bertz CT molecular complexity index is 447. The van der Waals surface area contributed by atoms with Gasteiger partial charge in [0.1, 0.15) is 0 Å². The van der Waals surface area contributed by atoms with Gasteiger partial charge in [0.05, 0.1) is 19.6 Å². The first-order valence-corrected chi connectivity index (χ1v) is 6.32. The normalized spacial score (nSPS) is 17.6. The van der Waals surface area contributed by atoms with Crippen molar-refractivity contribution >= 4 is 11.9 Å². The first-order chi connectivity index (χ1) is 9.20. The molecule has 0 aromatic heterocycles. The van der Waals surface area contributed by atoms with Crippen LogP contribution in [0.4, 0.5) is 0 Å². The van der Waals surface area contributed by atoms with E-state index in [1.807, 2.05) is 35.2 Å². The van der Waals surface area contributed by atoms with Crippen molar-refractivity contribution in [2.24, 2.45) is 0 Å². The minimum Gasteiger partial charge on any atom is -0.469 e. The van der Waals surface area contributed by atoms with Gasteiger partial charge in [0.15, 0.2) is 0 Å². The molecule has 1 unspecified atom stereocenters. The van der Waals surface area contributed by atoms with Gasteiger partial charge in [-0.05, 0) is 5.56 Å². The Kier molecular flexibility index (Phi) is 4.52. The molecule has 19 heavy (non-hydrogen) atoms. The van der Waals surface area contributed by atoms with Gasteiger partial charge in [-0.1, -0.05) is 30.3 Å². The minimum atomic E-state index is -0.350. The molecule has 0 bridgehead atoms. The van der Waals surface area contributed by atoms with E-state index in [0.29, 0.717) is 19.6 Å². The van der Waals surface area contributed by atoms with Crippen molar-refractivity contribution in [2.75, 3.05) is 33.3 Å². The smallest absolute Gasteiger partial charge is 0.314 e. The van der Waals surface area contributed by atoms with Crippen LogP contribution in [0.5, 0.6) is 0 Å². The monoisotopic (exact) mass is 262 g/mol. The summed E-state index contributed by atoms with van der Waals surface area (Å²) in [5, 5.41) is 2.77. The van der Waals surface area contributed by atoms with Gasteiger partial charge >= 0.3 is 5.97 Å². The molecule has 1 fully saturated rings. The number of hydrogen-bond donors (Lipinski definition) is 1. The van der Waals surface area contributed by atoms with Crippen LogP contribution in [0, 0.1) is 0 Å². The highest BCUT2D eigenvalue weighted by Crippen LogP contribution is 2.19. The van der Waals surface area contributed by atoms with Crippen LogP contribution in [0.3, 0.4) is 0 Å². The van der Waals surface area contributed by atoms with Crippen LogP contribution in [0.2, 0.25) is 0 Å². The van der Waals surface area contributed by atoms with Gasteiger partial charge in [0, 0.05) is 19.6 Å². The summed E-state index contributed by atoms with van der Waals surface area (Å²) in [6.45, 7) is 2.22. The predicted molar refractivity (Wildman–Crippen MR) is 70.6 cm³/mol. The van der Waals surface area contributed by atoms with Crippen molar-refractivity contribution < 1.29 is 14.3 Å². The lowest BCUT2D eigenvalue weighted by Crippen LogP contribution is -2.49. The fourth-order valence-corrected chi connectivity index (χ4v) is 2.25. The van der Waals surface area contributed by atoms with Gasteiger partial charge in [-0.25, -0.2) is 0 Å². The third kappa shape index (κ3) is 3.54. The molecule has 2 rings (SSSR count). The third-order valence-corrected chi connectivity index (χ3v) is 3.25. The lowest BCUT2D eigenvalue weighted by Gasteiger charge is -2.29. The maximum atomic E-state index is 11.9. The predicted octanol–water partition coefficient (Wildman–Crippen LogP) is 0.375. The first-order valence-electron chi connectivity index (χ1n) is 6.32. The van der Waals surface area contributed by atoms with Crippen LogP contribution in [0.15, 0.2) is 30.3 Å². The second-order valence-electron chi connectivity index (χ2n) is 4.57. The number of nitrogens with zero attached hydrogens (tertiary/aromatic N) is 1. The molecule has 1 atom stereocenters. The fourth-order valence-electron chi connectivity index (χ4n) is 2.25. The van der Waals surface area contributed by atoms with Crippen LogP contribution in [-0.4, -0.2) is 50.1 Å². The Balaban J connectivity index is 2.10. The van der Waals surface area contributed by atoms with Crippen molar-refractivity contribution in [3.63, 3.8) is 0 Å². The molecule has 5 heteroatoms. The van der Waals surface area contributed by atoms with E-state index in [9.17, 15) is 9.59 Å². The maximum absolute atomic E-state index is 11.9. The summed E-state index contributed by atoms with van der Waals surface area (Å²) >= 11 is 0. The molecule has 1 saturated heterocycles. The quantitative estimate of drug-likeness (QED) is 0.797. The zero-order valence-corrected chi connectivity index (χ0v) is 11.0. The largest absolute Gasteiger partial charge is 0.469 e. The molecular formula is C14H18N2O3. The molecule has 0 radical (unpaired) electrons. The second-order valence-corrected chi connectivity index (χ2v) is 4.57. The number of piperazine rings is 1. The molecule has 0 aliphatic carbocycles. The van der Waals surface area contributed by atoms with E-state index < -0.39 is 0 Å². The van der Waals surface area contributed by atoms with Crippen molar-refractivity contribution in [3.8, 4) is 0 Å². The van der Waals surface area contributed by atoms with Gasteiger partial charge in [0.2, 0.25) is 5.91 Å². The number of nitrogens with one attached hydrogen (secondary N) is 1. The highest BCUT2D eigenvalue weighted by Gasteiger charge is 2.26. The number of amides is 1. The van der Waals surface area contributed by atoms with Crippen LogP contribution in [0.25, 0.3) is 0 Å². The zero-order valence-electron chi connectivity index (χ0n) is 11.0. The number of carbonyl (C=O) groups is 2. The Labute approximate surface area is 112 Å². The average molecular weight is 262 g/mol. The third-order valence-electron chi connectivity index (χ3n) is 3.25. The Hall–Kier alpha value is -1.88. The summed E-state index contributed by atoms with van der Waals surface area (Å²) in [5.41, 5.74) is 0.917. The van der Waals surface area contributed by atoms with Gasteiger partial charge in [-0.15, -0.1) is 0 Å². The number of rotatable bonds is 4. The van der Waals surface area contributed by atoms with E-state index in [2.05, 4.69) is 5.32 Å². The van der Waals surface area contributed by atoms with E-state index in [-0.39, 0.29) is 17.8 Å². The van der Waals surface area contributed by atoms with Gasteiger partial charge < -0.3 is 10.1 Å². The molecule has 102 valence electrons. The zero-order chi connectivity index (χ0) is 13.7. The lowest BCUT2D eigenvalue weighted by molar-refractivity contribution is -0.143. The number of esters is 1. The highest BCUT2D eigenvalue weighted by atomic mass is 16.5. The highest BCUT2D eigenvalue weighted by molar-refractivity contribution is 5.80. The van der Waals surface area contributed by atoms with Crippen LogP contribution < -0.4 is 5.32 Å². The van der Waals surface area contributed by atoms with Gasteiger partial charge in [0.25, 0.3) is 0 Å². The van der Waals surface area contributed by atoms with Crippen LogP contribution in [0.1, 0.15) is 11.5 Å². The Morgan fingerprint density at radius 1 is 1.42 bits per heavy atom. The summed E-state index contributed by atoms with van der Waals surface area (Å²) in [6, 6.07) is 9.52. The van der Waals surface area contributed by atoms with E-state index in [1.54, 1.807) is 0 Å². The average Bonchev–Trinajstić information content (AvgIpc) is 2.45. The number of ether oxygens (including phenoxy) is 1. The van der Waals surface area contributed by atoms with E-state index in [0.717, 1.165) is 12.1 Å². The molecule has 1 amide bonds. The Morgan fingerprint density at radius 3 is 2.79 bits per heavy atom. The summed E-state index contributed by atoms with van der Waals surface area (Å²) in [5.74, 6) is -0.614. The molecule has 1 aliphatic heterocycles. The molecule has 5 nitrogen and oxygen atoms in total. The van der Waals surface area contributed by atoms with Crippen LogP contribution >= 0.6 is 0 Å². The summed E-state index contributed by atoms with van der Waals surface area (Å²) in [4.78, 5) is 25.3. The summed E-state index contributed by atoms with van der Waals surface area (Å²) in [7, 11) is 1.39. The standard InChI is InChI=1S/C14H18N2O3/c1-19-14(18)12(11-5-3-2-4-6-11)9-16-8-7-15-13(17)10-16/h2-6,12H,7-10H2,1H3,(H,15,17). The number of carbonyl (C=O) groups excluding carboxylic acids is 2. The molecule has 1 aromatic rings. The molecule has 1 heterocycles. The molecular weight excluding hydrogens is 244 g/mol. The molecule has 1 aromatic carbocycles. The number of benzene rings is 1. The van der Waals surface area contributed by atoms with Crippen molar-refractivity contribution in [1.82, 2.24) is 10.2 Å². The maximum Gasteiger partial charge on any atom is 0.314 e. The minimum absolute atomic E-state index is 0.00271. The summed E-state index contributed by atoms with van der Waals surface area (Å²) in [6.07, 6.45) is 0. The molecule has 0 saturated carbocycles. The van der Waals surface area contributed by atoms with E-state index >= 15 is 0 Å². The first kappa shape index (κ1) is 13.5. The number of hydrogen-bond acceptors (Lipinski definition) is 4. The Morgan fingerprint density at radius 2 is 2.16 bits per heavy atom. The SMILES string of the molecule is COC(=O)C(CN1CCNC(=O)C1)c1ccccc1. The van der Waals surface area contributed by atoms with E-state index in [1.165, 1.54) is 7.11 Å². The molecule has 1 aliphatic rings. The number of methoxy groups -OCH3 is 1.